The second-order valence-corrected chi connectivity index (χ2v) is 11.8. The number of morpholine rings is 1. The van der Waals surface area contributed by atoms with Crippen molar-refractivity contribution in [1.82, 2.24) is 9.80 Å². The van der Waals surface area contributed by atoms with Crippen LogP contribution in [0.2, 0.25) is 0 Å². The molecule has 2 amide bonds. The second-order valence-electron chi connectivity index (χ2n) is 8.55. The first-order valence-corrected chi connectivity index (χ1v) is 13.7. The van der Waals surface area contributed by atoms with Crippen molar-refractivity contribution in [3.63, 3.8) is 0 Å². The molecular weight excluding hydrogens is 462 g/mol. The summed E-state index contributed by atoms with van der Waals surface area (Å²) in [5.74, 6) is -0.140. The molecule has 2 aromatic rings. The van der Waals surface area contributed by atoms with E-state index in [0.717, 1.165) is 16.0 Å². The molecule has 4 rings (SSSR count). The van der Waals surface area contributed by atoms with E-state index in [1.54, 1.807) is 16.8 Å². The molecule has 2 aliphatic heterocycles. The first kappa shape index (κ1) is 23.9. The number of hydrogen-bond donors (Lipinski definition) is 1. The molecule has 33 heavy (non-hydrogen) atoms. The number of carbonyl (C=O) groups is 2. The summed E-state index contributed by atoms with van der Waals surface area (Å²) >= 11 is 1.39. The predicted octanol–water partition coefficient (Wildman–Crippen LogP) is 2.25. The van der Waals surface area contributed by atoms with Crippen LogP contribution in [0.25, 0.3) is 10.4 Å². The first-order chi connectivity index (χ1) is 15.7. The quantitative estimate of drug-likeness (QED) is 0.666. The van der Waals surface area contributed by atoms with E-state index in [4.69, 9.17) is 4.74 Å². The lowest BCUT2D eigenvalue weighted by Gasteiger charge is -2.27. The summed E-state index contributed by atoms with van der Waals surface area (Å²) in [7, 11) is -1.27. The molecular formula is C23H29N3O5S2. The molecule has 1 N–H and O–H groups in total. The summed E-state index contributed by atoms with van der Waals surface area (Å²) in [6.07, 6.45) is 0.531. The van der Waals surface area contributed by atoms with Crippen LogP contribution >= 0.6 is 11.3 Å². The number of likely N-dealkylation sites (N-methyl/N-ethyl adjacent to an activating group) is 1. The minimum absolute atomic E-state index is 0.0585. The minimum Gasteiger partial charge on any atom is -0.378 e. The largest absolute Gasteiger partial charge is 0.378 e. The molecule has 1 aromatic carbocycles. The summed E-state index contributed by atoms with van der Waals surface area (Å²) in [6, 6.07) is 9.64. The highest BCUT2D eigenvalue weighted by Gasteiger charge is 2.32. The summed E-state index contributed by atoms with van der Waals surface area (Å²) < 4.78 is 29.0. The van der Waals surface area contributed by atoms with Crippen LogP contribution in [-0.4, -0.2) is 87.5 Å². The maximum Gasteiger partial charge on any atom is 0.257 e. The van der Waals surface area contributed by atoms with Crippen molar-refractivity contribution in [1.29, 1.82) is 0 Å². The second kappa shape index (κ2) is 9.92. The average molecular weight is 492 g/mol. The van der Waals surface area contributed by atoms with Gasteiger partial charge in [-0.15, -0.1) is 11.3 Å². The van der Waals surface area contributed by atoms with Crippen molar-refractivity contribution in [3.8, 4) is 10.4 Å². The summed E-state index contributed by atoms with van der Waals surface area (Å²) in [6.45, 7) is 4.00. The Morgan fingerprint density at radius 2 is 1.91 bits per heavy atom. The summed E-state index contributed by atoms with van der Waals surface area (Å²) in [4.78, 5) is 30.8. The Labute approximate surface area is 198 Å². The van der Waals surface area contributed by atoms with E-state index in [9.17, 15) is 18.0 Å². The van der Waals surface area contributed by atoms with Crippen LogP contribution in [-0.2, 0) is 19.4 Å². The van der Waals surface area contributed by atoms with Gasteiger partial charge in [-0.3, -0.25) is 14.5 Å². The van der Waals surface area contributed by atoms with Crippen LogP contribution in [0, 0.1) is 6.92 Å². The minimum atomic E-state index is -3.03. The molecule has 2 saturated heterocycles. The van der Waals surface area contributed by atoms with Crippen molar-refractivity contribution in [2.24, 2.45) is 0 Å². The number of rotatable bonds is 6. The zero-order valence-electron chi connectivity index (χ0n) is 18.9. The Bertz CT molecular complexity index is 1120. The Hall–Kier alpha value is -2.27. The smallest absolute Gasteiger partial charge is 0.257 e. The number of carbonyl (C=O) groups excluding carboxylic acids is 2. The van der Waals surface area contributed by atoms with E-state index in [1.165, 1.54) is 11.3 Å². The molecule has 0 unspecified atom stereocenters. The van der Waals surface area contributed by atoms with Gasteiger partial charge in [-0.25, -0.2) is 8.42 Å². The average Bonchev–Trinajstić information content (AvgIpc) is 3.33. The number of amides is 2. The molecule has 8 nitrogen and oxygen atoms in total. The zero-order chi connectivity index (χ0) is 23.6. The standard InChI is InChI=1S/C23H29N3O5S2/c1-16-20(23(28)26-9-11-31-12-10-26)22(32-21(16)17-6-4-3-5-7-17)24-19(27)14-25(2)18-8-13-33(29,30)15-18/h3-7,18H,8-15H2,1-2H3,(H,24,27)/t18-/m0/s1. The van der Waals surface area contributed by atoms with Gasteiger partial charge in [0.15, 0.2) is 9.84 Å². The fourth-order valence-corrected chi connectivity index (χ4v) is 7.32. The Balaban J connectivity index is 1.58. The third kappa shape index (κ3) is 5.46. The lowest BCUT2D eigenvalue weighted by atomic mass is 10.1. The molecule has 0 aliphatic carbocycles. The normalized spacial score (nSPS) is 20.2. The van der Waals surface area contributed by atoms with Crippen molar-refractivity contribution in [2.45, 2.75) is 19.4 Å². The molecule has 2 fully saturated rings. The van der Waals surface area contributed by atoms with Crippen LogP contribution in [0.3, 0.4) is 0 Å². The molecule has 1 aromatic heterocycles. The molecule has 10 heteroatoms. The van der Waals surface area contributed by atoms with E-state index >= 15 is 0 Å². The van der Waals surface area contributed by atoms with Crippen LogP contribution < -0.4 is 5.32 Å². The van der Waals surface area contributed by atoms with Gasteiger partial charge in [-0.1, -0.05) is 30.3 Å². The summed E-state index contributed by atoms with van der Waals surface area (Å²) in [5, 5.41) is 3.47. The first-order valence-electron chi connectivity index (χ1n) is 11.0. The van der Waals surface area contributed by atoms with Gasteiger partial charge in [0.05, 0.1) is 36.8 Å². The van der Waals surface area contributed by atoms with Gasteiger partial charge in [0, 0.05) is 24.0 Å². The SMILES string of the molecule is Cc1c(-c2ccccc2)sc(NC(=O)CN(C)[C@H]2CCS(=O)(=O)C2)c1C(=O)N1CCOCC1. The number of hydrogen-bond acceptors (Lipinski definition) is 7. The number of sulfone groups is 1. The number of nitrogens with one attached hydrogen (secondary N) is 1. The van der Waals surface area contributed by atoms with E-state index in [2.05, 4.69) is 5.32 Å². The van der Waals surface area contributed by atoms with Crippen molar-refractivity contribution >= 4 is 38.0 Å². The number of ether oxygens (including phenoxy) is 1. The third-order valence-corrected chi connectivity index (χ3v) is 9.18. The van der Waals surface area contributed by atoms with Gasteiger partial charge in [0.2, 0.25) is 5.91 Å². The topological polar surface area (TPSA) is 96.0 Å². The zero-order valence-corrected chi connectivity index (χ0v) is 20.5. The molecule has 0 bridgehead atoms. The molecule has 2 aliphatic rings. The highest BCUT2D eigenvalue weighted by molar-refractivity contribution is 7.91. The van der Waals surface area contributed by atoms with E-state index < -0.39 is 9.84 Å². The Morgan fingerprint density at radius 3 is 2.55 bits per heavy atom. The molecule has 0 spiro atoms. The van der Waals surface area contributed by atoms with E-state index in [1.807, 2.05) is 37.3 Å². The predicted molar refractivity (Wildman–Crippen MR) is 130 cm³/mol. The maximum absolute atomic E-state index is 13.4. The van der Waals surface area contributed by atoms with Gasteiger partial charge in [-0.2, -0.15) is 0 Å². The highest BCUT2D eigenvalue weighted by atomic mass is 32.2. The van der Waals surface area contributed by atoms with Gasteiger partial charge < -0.3 is 15.0 Å². The molecule has 178 valence electrons. The monoisotopic (exact) mass is 491 g/mol. The fourth-order valence-electron chi connectivity index (χ4n) is 4.29. The van der Waals surface area contributed by atoms with Crippen LogP contribution in [0.15, 0.2) is 30.3 Å². The molecule has 0 radical (unpaired) electrons. The number of anilines is 1. The number of nitrogens with zero attached hydrogens (tertiary/aromatic N) is 2. The summed E-state index contributed by atoms with van der Waals surface area (Å²) in [5.41, 5.74) is 2.35. The Kier molecular flexibility index (Phi) is 7.18. The maximum atomic E-state index is 13.4. The molecule has 1 atom stereocenters. The Morgan fingerprint density at radius 1 is 1.21 bits per heavy atom. The number of thiophene rings is 1. The van der Waals surface area contributed by atoms with Gasteiger partial charge in [-0.05, 0) is 31.5 Å². The van der Waals surface area contributed by atoms with Crippen molar-refractivity contribution in [3.05, 3.63) is 41.5 Å². The van der Waals surface area contributed by atoms with E-state index in [-0.39, 0.29) is 35.9 Å². The lowest BCUT2D eigenvalue weighted by molar-refractivity contribution is -0.117. The highest BCUT2D eigenvalue weighted by Crippen LogP contribution is 2.40. The van der Waals surface area contributed by atoms with E-state index in [0.29, 0.717) is 43.3 Å². The molecule has 3 heterocycles. The van der Waals surface area contributed by atoms with Gasteiger partial charge in [0.25, 0.3) is 5.91 Å². The van der Waals surface area contributed by atoms with Crippen LogP contribution in [0.4, 0.5) is 5.00 Å². The number of benzene rings is 1. The van der Waals surface area contributed by atoms with Crippen molar-refractivity contribution < 1.29 is 22.7 Å². The van der Waals surface area contributed by atoms with Crippen LogP contribution in [0.5, 0.6) is 0 Å². The molecule has 0 saturated carbocycles. The van der Waals surface area contributed by atoms with Gasteiger partial charge in [0.1, 0.15) is 5.00 Å². The van der Waals surface area contributed by atoms with Crippen LogP contribution in [0.1, 0.15) is 22.3 Å². The lowest BCUT2D eigenvalue weighted by Crippen LogP contribution is -2.41. The fraction of sp³-hybridized carbons (Fsp3) is 0.478. The van der Waals surface area contributed by atoms with Gasteiger partial charge >= 0.3 is 0 Å². The van der Waals surface area contributed by atoms with Crippen molar-refractivity contribution in [2.75, 3.05) is 56.7 Å². The third-order valence-electron chi connectivity index (χ3n) is 6.17.